The molecule has 0 radical (unpaired) electrons. The number of nitrogens with zero attached hydrogens (tertiary/aromatic N) is 3. The number of hydrazone groups is 1. The van der Waals surface area contributed by atoms with Crippen LogP contribution in [0.3, 0.4) is 0 Å². The quantitative estimate of drug-likeness (QED) is 0.666. The first-order valence-electron chi connectivity index (χ1n) is 5.93. The van der Waals surface area contributed by atoms with Crippen LogP contribution in [-0.2, 0) is 6.54 Å². The number of carbonyl (C=O) groups excluding carboxylic acids is 1. The molecular formula is C13H14ClN5O. The number of benzene rings is 1. The van der Waals surface area contributed by atoms with E-state index in [1.165, 1.54) is 6.21 Å². The van der Waals surface area contributed by atoms with Crippen LogP contribution in [0, 0.1) is 6.92 Å². The highest BCUT2D eigenvalue weighted by Gasteiger charge is 2.11. The van der Waals surface area contributed by atoms with Gasteiger partial charge in [0.15, 0.2) is 0 Å². The fraction of sp³-hybridized carbons (Fsp3) is 0.154. The first-order chi connectivity index (χ1) is 9.58. The van der Waals surface area contributed by atoms with Crippen molar-refractivity contribution in [1.29, 1.82) is 0 Å². The molecule has 1 aromatic carbocycles. The maximum atomic E-state index is 10.5. The predicted octanol–water partition coefficient (Wildman–Crippen LogP) is 1.90. The third-order valence-corrected chi connectivity index (χ3v) is 3.05. The van der Waals surface area contributed by atoms with E-state index in [-0.39, 0.29) is 0 Å². The lowest BCUT2D eigenvalue weighted by Gasteiger charge is -2.03. The molecule has 20 heavy (non-hydrogen) atoms. The van der Waals surface area contributed by atoms with Crippen LogP contribution in [0.4, 0.5) is 4.79 Å². The lowest BCUT2D eigenvalue weighted by Crippen LogP contribution is -2.24. The smallest absolute Gasteiger partial charge is 0.332 e. The largest absolute Gasteiger partial charge is 0.350 e. The molecule has 1 heterocycles. The summed E-state index contributed by atoms with van der Waals surface area (Å²) in [5.41, 5.74) is 9.51. The van der Waals surface area contributed by atoms with Crippen LogP contribution < -0.4 is 11.2 Å². The van der Waals surface area contributed by atoms with Gasteiger partial charge in [-0.15, -0.1) is 0 Å². The molecule has 0 aliphatic rings. The highest BCUT2D eigenvalue weighted by Crippen LogP contribution is 2.19. The van der Waals surface area contributed by atoms with Crippen molar-refractivity contribution in [3.63, 3.8) is 0 Å². The van der Waals surface area contributed by atoms with Gasteiger partial charge in [-0.3, -0.25) is 0 Å². The number of aryl methyl sites for hydroxylation is 1. The third-order valence-electron chi connectivity index (χ3n) is 2.65. The second-order valence-electron chi connectivity index (χ2n) is 4.17. The lowest BCUT2D eigenvalue weighted by atomic mass is 10.2. The molecule has 104 valence electrons. The summed E-state index contributed by atoms with van der Waals surface area (Å²) in [6, 6.07) is 9.13. The fourth-order valence-corrected chi connectivity index (χ4v) is 2.02. The predicted molar refractivity (Wildman–Crippen MR) is 77.8 cm³/mol. The summed E-state index contributed by atoms with van der Waals surface area (Å²) in [6.07, 6.45) is 1.43. The summed E-state index contributed by atoms with van der Waals surface area (Å²) >= 11 is 6.26. The van der Waals surface area contributed by atoms with Gasteiger partial charge in [-0.1, -0.05) is 41.9 Å². The van der Waals surface area contributed by atoms with Crippen LogP contribution in [0.25, 0.3) is 0 Å². The molecule has 0 fully saturated rings. The Kier molecular flexibility index (Phi) is 4.37. The van der Waals surface area contributed by atoms with Gasteiger partial charge in [0.1, 0.15) is 5.15 Å². The number of rotatable bonds is 4. The zero-order chi connectivity index (χ0) is 14.5. The van der Waals surface area contributed by atoms with Gasteiger partial charge in [0.2, 0.25) is 0 Å². The van der Waals surface area contributed by atoms with Crippen LogP contribution in [0.15, 0.2) is 35.4 Å². The SMILES string of the molecule is Cc1nn(Cc2ccccc2)c(Cl)c1C=NNC(N)=O. The van der Waals surface area contributed by atoms with E-state index in [0.29, 0.717) is 17.3 Å². The van der Waals surface area contributed by atoms with Crippen LogP contribution >= 0.6 is 11.6 Å². The van der Waals surface area contributed by atoms with Crippen molar-refractivity contribution in [3.8, 4) is 0 Å². The maximum Gasteiger partial charge on any atom is 0.332 e. The molecule has 2 aromatic rings. The van der Waals surface area contributed by atoms with Crippen molar-refractivity contribution < 1.29 is 4.79 Å². The molecule has 0 aliphatic heterocycles. The summed E-state index contributed by atoms with van der Waals surface area (Å²) in [4.78, 5) is 10.5. The number of urea groups is 1. The van der Waals surface area contributed by atoms with Crippen molar-refractivity contribution in [2.24, 2.45) is 10.8 Å². The number of carbonyl (C=O) groups is 1. The lowest BCUT2D eigenvalue weighted by molar-refractivity contribution is 0.249. The van der Waals surface area contributed by atoms with E-state index < -0.39 is 6.03 Å². The van der Waals surface area contributed by atoms with Crippen LogP contribution in [0.5, 0.6) is 0 Å². The van der Waals surface area contributed by atoms with E-state index in [1.54, 1.807) is 4.68 Å². The molecule has 0 bridgehead atoms. The molecule has 2 amide bonds. The average molecular weight is 292 g/mol. The van der Waals surface area contributed by atoms with Gasteiger partial charge < -0.3 is 5.73 Å². The summed E-state index contributed by atoms with van der Waals surface area (Å²) in [5, 5.41) is 8.51. The Morgan fingerprint density at radius 1 is 1.50 bits per heavy atom. The van der Waals surface area contributed by atoms with Gasteiger partial charge in [-0.05, 0) is 12.5 Å². The topological polar surface area (TPSA) is 85.3 Å². The zero-order valence-corrected chi connectivity index (χ0v) is 11.6. The Bertz CT molecular complexity index is 636. The molecule has 0 saturated heterocycles. The molecule has 2 rings (SSSR count). The molecule has 6 nitrogen and oxygen atoms in total. The maximum absolute atomic E-state index is 10.5. The van der Waals surface area contributed by atoms with Gasteiger partial charge in [0.05, 0.1) is 24.0 Å². The number of halogens is 1. The number of primary amides is 1. The van der Waals surface area contributed by atoms with E-state index in [2.05, 4.69) is 15.6 Å². The summed E-state index contributed by atoms with van der Waals surface area (Å²) in [6.45, 7) is 2.39. The van der Waals surface area contributed by atoms with E-state index in [0.717, 1.165) is 11.3 Å². The van der Waals surface area contributed by atoms with Crippen LogP contribution in [-0.4, -0.2) is 22.0 Å². The minimum absolute atomic E-state index is 0.460. The number of hydrogen-bond acceptors (Lipinski definition) is 3. The molecule has 0 saturated carbocycles. The second-order valence-corrected chi connectivity index (χ2v) is 4.53. The Hall–Kier alpha value is -2.34. The van der Waals surface area contributed by atoms with Crippen molar-refractivity contribution >= 4 is 23.8 Å². The van der Waals surface area contributed by atoms with Gasteiger partial charge in [-0.25, -0.2) is 14.9 Å². The van der Waals surface area contributed by atoms with Crippen molar-refractivity contribution in [1.82, 2.24) is 15.2 Å². The van der Waals surface area contributed by atoms with E-state index >= 15 is 0 Å². The average Bonchev–Trinajstić information content (AvgIpc) is 2.67. The van der Waals surface area contributed by atoms with E-state index in [4.69, 9.17) is 17.3 Å². The molecule has 7 heteroatoms. The molecular weight excluding hydrogens is 278 g/mol. The van der Waals surface area contributed by atoms with Gasteiger partial charge >= 0.3 is 6.03 Å². The van der Waals surface area contributed by atoms with E-state index in [9.17, 15) is 4.79 Å². The third kappa shape index (κ3) is 3.36. The van der Waals surface area contributed by atoms with Gasteiger partial charge in [-0.2, -0.15) is 10.2 Å². The molecule has 0 atom stereocenters. The first kappa shape index (κ1) is 14.1. The molecule has 0 aliphatic carbocycles. The number of aromatic nitrogens is 2. The molecule has 0 unspecified atom stereocenters. The number of nitrogens with two attached hydrogens (primary N) is 1. The Morgan fingerprint density at radius 3 is 2.85 bits per heavy atom. The molecule has 3 N–H and O–H groups in total. The number of hydrogen-bond donors (Lipinski definition) is 2. The molecule has 0 spiro atoms. The number of amides is 2. The highest BCUT2D eigenvalue weighted by molar-refractivity contribution is 6.32. The van der Waals surface area contributed by atoms with Crippen molar-refractivity contribution in [3.05, 3.63) is 52.3 Å². The summed E-state index contributed by atoms with van der Waals surface area (Å²) in [5.74, 6) is 0. The summed E-state index contributed by atoms with van der Waals surface area (Å²) < 4.78 is 1.68. The minimum Gasteiger partial charge on any atom is -0.350 e. The minimum atomic E-state index is -0.730. The standard InChI is InChI=1S/C13H14ClN5O/c1-9-11(7-16-17-13(15)20)12(14)19(18-9)8-10-5-3-2-4-6-10/h2-7H,8H2,1H3,(H3,15,17,20). The normalized spacial score (nSPS) is 10.9. The molecule has 1 aromatic heterocycles. The number of nitrogens with one attached hydrogen (secondary N) is 1. The second kappa shape index (κ2) is 6.21. The van der Waals surface area contributed by atoms with Gasteiger partial charge in [0, 0.05) is 0 Å². The fourth-order valence-electron chi connectivity index (χ4n) is 1.74. The Morgan fingerprint density at radius 2 is 2.20 bits per heavy atom. The summed E-state index contributed by atoms with van der Waals surface area (Å²) in [7, 11) is 0. The Balaban J connectivity index is 2.20. The van der Waals surface area contributed by atoms with Crippen molar-refractivity contribution in [2.75, 3.05) is 0 Å². The highest BCUT2D eigenvalue weighted by atomic mass is 35.5. The monoisotopic (exact) mass is 291 g/mol. The Labute approximate surface area is 121 Å². The van der Waals surface area contributed by atoms with Crippen LogP contribution in [0.1, 0.15) is 16.8 Å². The van der Waals surface area contributed by atoms with E-state index in [1.807, 2.05) is 37.3 Å². The van der Waals surface area contributed by atoms with Crippen molar-refractivity contribution in [2.45, 2.75) is 13.5 Å². The van der Waals surface area contributed by atoms with Gasteiger partial charge in [0.25, 0.3) is 0 Å². The first-order valence-corrected chi connectivity index (χ1v) is 6.31. The zero-order valence-electron chi connectivity index (χ0n) is 10.9. The van der Waals surface area contributed by atoms with Crippen LogP contribution in [0.2, 0.25) is 5.15 Å².